The Labute approximate surface area is 124 Å². The van der Waals surface area contributed by atoms with Gasteiger partial charge in [0.2, 0.25) is 0 Å². The molecular weight excluding hydrogens is 325 g/mol. The predicted molar refractivity (Wildman–Crippen MR) is 79.6 cm³/mol. The molecule has 1 N–H and O–H groups in total. The van der Waals surface area contributed by atoms with Gasteiger partial charge < -0.3 is 10.0 Å². The van der Waals surface area contributed by atoms with Gasteiger partial charge in [-0.1, -0.05) is 0 Å². The first-order chi connectivity index (χ1) is 9.52. The van der Waals surface area contributed by atoms with Crippen LogP contribution in [-0.4, -0.2) is 17.6 Å². The minimum atomic E-state index is -0.349. The van der Waals surface area contributed by atoms with E-state index in [9.17, 15) is 14.3 Å². The molecule has 0 aliphatic rings. The van der Waals surface area contributed by atoms with Crippen molar-refractivity contribution in [1.82, 2.24) is 0 Å². The average molecular weight is 338 g/mol. The Morgan fingerprint density at radius 1 is 1.25 bits per heavy atom. The summed E-state index contributed by atoms with van der Waals surface area (Å²) in [6, 6.07) is 10.4. The van der Waals surface area contributed by atoms with Gasteiger partial charge in [0.15, 0.2) is 0 Å². The summed E-state index contributed by atoms with van der Waals surface area (Å²) in [5.74, 6) is -0.591. The van der Waals surface area contributed by atoms with Gasteiger partial charge in [-0.3, -0.25) is 4.79 Å². The Kier molecular flexibility index (Phi) is 4.39. The van der Waals surface area contributed by atoms with Gasteiger partial charge in [0, 0.05) is 17.8 Å². The molecule has 2 aromatic rings. The predicted octanol–water partition coefficient (Wildman–Crippen LogP) is 3.96. The lowest BCUT2D eigenvalue weighted by molar-refractivity contribution is 0.0988. The second-order valence-electron chi connectivity index (χ2n) is 4.19. The molecule has 1 amide bonds. The maximum atomic E-state index is 12.9. The molecule has 104 valence electrons. The minimum Gasteiger partial charge on any atom is -0.507 e. The van der Waals surface area contributed by atoms with E-state index in [1.165, 1.54) is 23.1 Å². The van der Waals surface area contributed by atoms with Crippen molar-refractivity contribution in [2.45, 2.75) is 6.92 Å². The zero-order valence-electron chi connectivity index (χ0n) is 10.8. The normalized spacial score (nSPS) is 10.3. The number of halogens is 2. The monoisotopic (exact) mass is 337 g/mol. The molecule has 0 saturated heterocycles. The maximum absolute atomic E-state index is 12.9. The first kappa shape index (κ1) is 14.5. The Morgan fingerprint density at radius 3 is 2.45 bits per heavy atom. The van der Waals surface area contributed by atoms with Gasteiger partial charge in [-0.05, 0) is 65.3 Å². The maximum Gasteiger partial charge on any atom is 0.258 e. The van der Waals surface area contributed by atoms with Crippen molar-refractivity contribution in [1.29, 1.82) is 0 Å². The van der Waals surface area contributed by atoms with E-state index in [-0.39, 0.29) is 17.5 Å². The molecule has 2 aromatic carbocycles. The van der Waals surface area contributed by atoms with Crippen molar-refractivity contribution < 1.29 is 14.3 Å². The molecule has 0 aliphatic carbocycles. The summed E-state index contributed by atoms with van der Waals surface area (Å²) in [6.45, 7) is 2.28. The van der Waals surface area contributed by atoms with E-state index >= 15 is 0 Å². The van der Waals surface area contributed by atoms with Crippen molar-refractivity contribution in [3.63, 3.8) is 0 Å². The molecule has 5 heteroatoms. The molecule has 2 rings (SSSR count). The topological polar surface area (TPSA) is 40.5 Å². The van der Waals surface area contributed by atoms with Crippen molar-refractivity contribution >= 4 is 27.5 Å². The van der Waals surface area contributed by atoms with Crippen LogP contribution in [0.5, 0.6) is 5.75 Å². The molecule has 0 unspecified atom stereocenters. The Bertz CT molecular complexity index is 628. The zero-order chi connectivity index (χ0) is 14.7. The summed E-state index contributed by atoms with van der Waals surface area (Å²) in [5.41, 5.74) is 0.984. The first-order valence-electron chi connectivity index (χ1n) is 6.09. The fourth-order valence-electron chi connectivity index (χ4n) is 1.87. The SMILES string of the molecule is CCN(C(=O)c1ccc(Br)c(O)c1)c1ccc(F)cc1. The van der Waals surface area contributed by atoms with Gasteiger partial charge in [-0.2, -0.15) is 0 Å². The fourth-order valence-corrected chi connectivity index (χ4v) is 2.11. The molecule has 0 aromatic heterocycles. The number of rotatable bonds is 3. The summed E-state index contributed by atoms with van der Waals surface area (Å²) in [5, 5.41) is 9.64. The van der Waals surface area contributed by atoms with E-state index in [0.717, 1.165) is 0 Å². The average Bonchev–Trinajstić information content (AvgIpc) is 2.44. The van der Waals surface area contributed by atoms with Crippen LogP contribution in [0.4, 0.5) is 10.1 Å². The van der Waals surface area contributed by atoms with Gasteiger partial charge in [0.25, 0.3) is 5.91 Å². The third-order valence-corrected chi connectivity index (χ3v) is 3.56. The molecule has 0 heterocycles. The molecule has 3 nitrogen and oxygen atoms in total. The van der Waals surface area contributed by atoms with E-state index in [1.807, 2.05) is 6.92 Å². The van der Waals surface area contributed by atoms with Gasteiger partial charge in [-0.15, -0.1) is 0 Å². The molecule has 0 fully saturated rings. The summed E-state index contributed by atoms with van der Waals surface area (Å²) in [6.07, 6.45) is 0. The van der Waals surface area contributed by atoms with Crippen LogP contribution in [0.3, 0.4) is 0 Å². The number of anilines is 1. The van der Waals surface area contributed by atoms with E-state index in [4.69, 9.17) is 0 Å². The molecule has 0 saturated carbocycles. The number of amides is 1. The molecule has 0 bridgehead atoms. The fraction of sp³-hybridized carbons (Fsp3) is 0.133. The van der Waals surface area contributed by atoms with E-state index < -0.39 is 0 Å². The van der Waals surface area contributed by atoms with Crippen LogP contribution in [0.2, 0.25) is 0 Å². The molecule has 0 radical (unpaired) electrons. The smallest absolute Gasteiger partial charge is 0.258 e. The van der Waals surface area contributed by atoms with Gasteiger partial charge in [0.1, 0.15) is 11.6 Å². The van der Waals surface area contributed by atoms with Crippen LogP contribution in [0, 0.1) is 5.82 Å². The number of hydrogen-bond donors (Lipinski definition) is 1. The summed E-state index contributed by atoms with van der Waals surface area (Å²) in [7, 11) is 0. The van der Waals surface area contributed by atoms with Crippen LogP contribution in [0.1, 0.15) is 17.3 Å². The second kappa shape index (κ2) is 6.05. The highest BCUT2D eigenvalue weighted by molar-refractivity contribution is 9.10. The van der Waals surface area contributed by atoms with Crippen LogP contribution >= 0.6 is 15.9 Å². The summed E-state index contributed by atoms with van der Waals surface area (Å²) < 4.78 is 13.5. The Balaban J connectivity index is 2.33. The molecule has 0 aliphatic heterocycles. The number of benzene rings is 2. The number of nitrogens with zero attached hydrogens (tertiary/aromatic N) is 1. The van der Waals surface area contributed by atoms with E-state index in [2.05, 4.69) is 15.9 Å². The number of carbonyl (C=O) groups is 1. The van der Waals surface area contributed by atoms with Crippen LogP contribution in [0.15, 0.2) is 46.9 Å². The number of phenols is 1. The number of phenolic OH excluding ortho intramolecular Hbond substituents is 1. The second-order valence-corrected chi connectivity index (χ2v) is 5.05. The third kappa shape index (κ3) is 2.99. The quantitative estimate of drug-likeness (QED) is 0.920. The summed E-state index contributed by atoms with van der Waals surface area (Å²) >= 11 is 3.17. The third-order valence-electron chi connectivity index (χ3n) is 2.89. The Morgan fingerprint density at radius 2 is 1.90 bits per heavy atom. The zero-order valence-corrected chi connectivity index (χ0v) is 12.4. The largest absolute Gasteiger partial charge is 0.507 e. The Hall–Kier alpha value is -1.88. The number of carbonyl (C=O) groups excluding carboxylic acids is 1. The lowest BCUT2D eigenvalue weighted by Gasteiger charge is -2.21. The minimum absolute atomic E-state index is 0.00556. The van der Waals surface area contributed by atoms with Crippen LogP contribution in [0.25, 0.3) is 0 Å². The number of aromatic hydroxyl groups is 1. The first-order valence-corrected chi connectivity index (χ1v) is 6.88. The lowest BCUT2D eigenvalue weighted by atomic mass is 10.1. The van der Waals surface area contributed by atoms with Crippen molar-refractivity contribution in [2.24, 2.45) is 0 Å². The molecule has 0 spiro atoms. The highest BCUT2D eigenvalue weighted by atomic mass is 79.9. The lowest BCUT2D eigenvalue weighted by Crippen LogP contribution is -2.30. The van der Waals surface area contributed by atoms with Crippen LogP contribution < -0.4 is 4.90 Å². The molecular formula is C15H13BrFNO2. The van der Waals surface area contributed by atoms with Gasteiger partial charge in [0.05, 0.1) is 4.47 Å². The highest BCUT2D eigenvalue weighted by Gasteiger charge is 2.17. The highest BCUT2D eigenvalue weighted by Crippen LogP contribution is 2.26. The van der Waals surface area contributed by atoms with Gasteiger partial charge >= 0.3 is 0 Å². The summed E-state index contributed by atoms with van der Waals surface area (Å²) in [4.78, 5) is 13.9. The van der Waals surface area contributed by atoms with Gasteiger partial charge in [-0.25, -0.2) is 4.39 Å². The van der Waals surface area contributed by atoms with Crippen LogP contribution in [-0.2, 0) is 0 Å². The molecule has 0 atom stereocenters. The number of hydrogen-bond acceptors (Lipinski definition) is 2. The van der Waals surface area contributed by atoms with E-state index in [0.29, 0.717) is 22.3 Å². The standard InChI is InChI=1S/C15H13BrFNO2/c1-2-18(12-6-4-11(17)5-7-12)15(20)10-3-8-13(16)14(19)9-10/h3-9,19H,2H2,1H3. The van der Waals surface area contributed by atoms with Crippen molar-refractivity contribution in [3.05, 3.63) is 58.3 Å². The van der Waals surface area contributed by atoms with Crippen molar-refractivity contribution in [3.8, 4) is 5.75 Å². The van der Waals surface area contributed by atoms with E-state index in [1.54, 1.807) is 24.3 Å². The molecule has 20 heavy (non-hydrogen) atoms. The van der Waals surface area contributed by atoms with Crippen molar-refractivity contribution in [2.75, 3.05) is 11.4 Å².